The molecule has 0 radical (unpaired) electrons. The second-order valence-corrected chi connectivity index (χ2v) is 3.55. The zero-order valence-electron chi connectivity index (χ0n) is 9.22. The molecule has 0 aliphatic heterocycles. The number of hydrogen-bond donors (Lipinski definition) is 2. The van der Waals surface area contributed by atoms with E-state index in [1.54, 1.807) is 24.6 Å². The van der Waals surface area contributed by atoms with Gasteiger partial charge in [-0.05, 0) is 24.3 Å². The van der Waals surface area contributed by atoms with E-state index in [1.165, 1.54) is 0 Å². The molecule has 5 heteroatoms. The van der Waals surface area contributed by atoms with Gasteiger partial charge in [-0.25, -0.2) is 0 Å². The number of carbonyl (C=O) groups is 1. The van der Waals surface area contributed by atoms with Gasteiger partial charge in [0.15, 0.2) is 0 Å². The van der Waals surface area contributed by atoms with Gasteiger partial charge in [0.05, 0.1) is 6.26 Å². The van der Waals surface area contributed by atoms with Crippen LogP contribution in [0.15, 0.2) is 41.1 Å². The fourth-order valence-electron chi connectivity index (χ4n) is 1.46. The Morgan fingerprint density at radius 1 is 1.47 bits per heavy atom. The van der Waals surface area contributed by atoms with Crippen molar-refractivity contribution >= 4 is 11.6 Å². The third-order valence-electron chi connectivity index (χ3n) is 2.29. The maximum absolute atomic E-state index is 10.9. The molecule has 1 amide bonds. The zero-order valence-corrected chi connectivity index (χ0v) is 9.22. The van der Waals surface area contributed by atoms with Crippen LogP contribution in [0.3, 0.4) is 0 Å². The van der Waals surface area contributed by atoms with E-state index in [1.807, 2.05) is 12.1 Å². The molecule has 2 heterocycles. The predicted molar refractivity (Wildman–Crippen MR) is 63.7 cm³/mol. The maximum atomic E-state index is 10.9. The Morgan fingerprint density at radius 2 is 2.35 bits per heavy atom. The first kappa shape index (κ1) is 11.2. The van der Waals surface area contributed by atoms with E-state index in [4.69, 9.17) is 10.2 Å². The lowest BCUT2D eigenvalue weighted by Gasteiger charge is -2.05. The van der Waals surface area contributed by atoms with Gasteiger partial charge in [0.2, 0.25) is 0 Å². The van der Waals surface area contributed by atoms with E-state index in [0.717, 1.165) is 24.4 Å². The van der Waals surface area contributed by atoms with Gasteiger partial charge in [-0.2, -0.15) is 0 Å². The molecular weight excluding hydrogens is 218 g/mol. The van der Waals surface area contributed by atoms with Gasteiger partial charge in [0.25, 0.3) is 5.91 Å². The zero-order chi connectivity index (χ0) is 12.1. The van der Waals surface area contributed by atoms with E-state index in [0.29, 0.717) is 0 Å². The molecule has 5 nitrogen and oxygen atoms in total. The number of hydrogen-bond acceptors (Lipinski definition) is 4. The van der Waals surface area contributed by atoms with Crippen LogP contribution in [0, 0.1) is 0 Å². The summed E-state index contributed by atoms with van der Waals surface area (Å²) in [5, 5.41) is 3.17. The van der Waals surface area contributed by atoms with Crippen molar-refractivity contribution in [2.45, 2.75) is 6.42 Å². The van der Waals surface area contributed by atoms with Crippen molar-refractivity contribution < 1.29 is 9.21 Å². The first-order valence-electron chi connectivity index (χ1n) is 5.28. The van der Waals surface area contributed by atoms with Crippen molar-refractivity contribution in [1.29, 1.82) is 0 Å². The van der Waals surface area contributed by atoms with Gasteiger partial charge in [0.1, 0.15) is 11.5 Å². The van der Waals surface area contributed by atoms with E-state index in [-0.39, 0.29) is 5.69 Å². The van der Waals surface area contributed by atoms with E-state index in [2.05, 4.69) is 10.3 Å². The molecule has 17 heavy (non-hydrogen) atoms. The van der Waals surface area contributed by atoms with Crippen molar-refractivity contribution in [3.63, 3.8) is 0 Å². The van der Waals surface area contributed by atoms with E-state index < -0.39 is 5.91 Å². The van der Waals surface area contributed by atoms with Gasteiger partial charge < -0.3 is 15.5 Å². The smallest absolute Gasteiger partial charge is 0.267 e. The normalized spacial score (nSPS) is 10.1. The number of aromatic nitrogens is 1. The Morgan fingerprint density at radius 3 is 3.06 bits per heavy atom. The van der Waals surface area contributed by atoms with Crippen LogP contribution in [0.4, 0.5) is 5.69 Å². The molecule has 0 saturated carbocycles. The fourth-order valence-corrected chi connectivity index (χ4v) is 1.46. The Labute approximate surface area is 98.6 Å². The van der Waals surface area contributed by atoms with Gasteiger partial charge >= 0.3 is 0 Å². The van der Waals surface area contributed by atoms with Crippen molar-refractivity contribution in [2.24, 2.45) is 5.73 Å². The van der Waals surface area contributed by atoms with Crippen molar-refractivity contribution in [3.05, 3.63) is 48.2 Å². The summed E-state index contributed by atoms with van der Waals surface area (Å²) in [6.45, 7) is 0.718. The molecule has 3 N–H and O–H groups in total. The summed E-state index contributed by atoms with van der Waals surface area (Å²) in [4.78, 5) is 14.8. The molecule has 0 aliphatic rings. The summed E-state index contributed by atoms with van der Waals surface area (Å²) in [5.41, 5.74) is 6.22. The summed E-state index contributed by atoms with van der Waals surface area (Å²) < 4.78 is 5.21. The lowest BCUT2D eigenvalue weighted by molar-refractivity contribution is 0.0995. The van der Waals surface area contributed by atoms with Crippen LogP contribution in [0.5, 0.6) is 0 Å². The van der Waals surface area contributed by atoms with E-state index >= 15 is 0 Å². The number of nitrogens with one attached hydrogen (secondary N) is 1. The molecule has 88 valence electrons. The third kappa shape index (κ3) is 3.07. The third-order valence-corrected chi connectivity index (χ3v) is 2.29. The minimum atomic E-state index is -0.528. The highest BCUT2D eigenvalue weighted by molar-refractivity contribution is 5.91. The van der Waals surface area contributed by atoms with Crippen LogP contribution in [-0.4, -0.2) is 17.4 Å². The second kappa shape index (κ2) is 5.16. The number of primary amides is 1. The first-order valence-corrected chi connectivity index (χ1v) is 5.28. The number of anilines is 1. The van der Waals surface area contributed by atoms with Crippen LogP contribution >= 0.6 is 0 Å². The highest BCUT2D eigenvalue weighted by Gasteiger charge is 2.02. The van der Waals surface area contributed by atoms with Gasteiger partial charge in [-0.1, -0.05) is 0 Å². The molecule has 2 rings (SSSR count). The van der Waals surface area contributed by atoms with Crippen molar-refractivity contribution in [1.82, 2.24) is 4.98 Å². The molecule has 0 spiro atoms. The average molecular weight is 231 g/mol. The molecule has 0 unspecified atom stereocenters. The van der Waals surface area contributed by atoms with Gasteiger partial charge in [-0.15, -0.1) is 0 Å². The minimum absolute atomic E-state index is 0.257. The first-order chi connectivity index (χ1) is 8.25. The number of nitrogens with two attached hydrogens (primary N) is 1. The lowest BCUT2D eigenvalue weighted by Crippen LogP contribution is -2.13. The predicted octanol–water partition coefficient (Wildman–Crippen LogP) is 1.43. The highest BCUT2D eigenvalue weighted by Crippen LogP contribution is 2.08. The Balaban J connectivity index is 1.90. The molecular formula is C12H13N3O2. The maximum Gasteiger partial charge on any atom is 0.267 e. The topological polar surface area (TPSA) is 81.2 Å². The number of carbonyl (C=O) groups excluding carboxylic acids is 1. The quantitative estimate of drug-likeness (QED) is 0.815. The monoisotopic (exact) mass is 231 g/mol. The summed E-state index contributed by atoms with van der Waals surface area (Å²) >= 11 is 0. The van der Waals surface area contributed by atoms with Gasteiger partial charge in [0, 0.05) is 24.8 Å². The lowest BCUT2D eigenvalue weighted by atomic mass is 10.3. The number of nitrogens with zero attached hydrogens (tertiary/aromatic N) is 1. The fraction of sp³-hybridized carbons (Fsp3) is 0.167. The molecule has 0 atom stereocenters. The summed E-state index contributed by atoms with van der Waals surface area (Å²) in [6, 6.07) is 7.19. The molecule has 0 bridgehead atoms. The van der Waals surface area contributed by atoms with Crippen molar-refractivity contribution in [2.75, 3.05) is 11.9 Å². The molecule has 0 aliphatic carbocycles. The van der Waals surface area contributed by atoms with Crippen LogP contribution in [0.2, 0.25) is 0 Å². The largest absolute Gasteiger partial charge is 0.469 e. The Hall–Kier alpha value is -2.30. The summed E-state index contributed by atoms with van der Waals surface area (Å²) in [6.07, 6.45) is 3.98. The summed E-state index contributed by atoms with van der Waals surface area (Å²) in [7, 11) is 0. The van der Waals surface area contributed by atoms with Crippen LogP contribution in [-0.2, 0) is 6.42 Å². The number of furan rings is 1. The Kier molecular flexibility index (Phi) is 3.40. The number of rotatable bonds is 5. The SMILES string of the molecule is NC(=O)c1cc(NCCc2ccco2)ccn1. The minimum Gasteiger partial charge on any atom is -0.469 e. The molecule has 2 aromatic heterocycles. The number of pyridine rings is 1. The Bertz CT molecular complexity index is 494. The average Bonchev–Trinajstić information content (AvgIpc) is 2.82. The van der Waals surface area contributed by atoms with Crippen LogP contribution < -0.4 is 11.1 Å². The molecule has 2 aromatic rings. The van der Waals surface area contributed by atoms with Crippen LogP contribution in [0.1, 0.15) is 16.2 Å². The highest BCUT2D eigenvalue weighted by atomic mass is 16.3. The number of amides is 1. The van der Waals surface area contributed by atoms with E-state index in [9.17, 15) is 4.79 Å². The molecule has 0 fully saturated rings. The second-order valence-electron chi connectivity index (χ2n) is 3.55. The van der Waals surface area contributed by atoms with Crippen LogP contribution in [0.25, 0.3) is 0 Å². The van der Waals surface area contributed by atoms with Crippen molar-refractivity contribution in [3.8, 4) is 0 Å². The standard InChI is InChI=1S/C12H13N3O2/c13-12(16)11-8-9(3-5-15-11)14-6-4-10-2-1-7-17-10/h1-3,5,7-8H,4,6H2,(H2,13,16)(H,14,15). The molecule has 0 aromatic carbocycles. The molecule has 0 saturated heterocycles. The van der Waals surface area contributed by atoms with Gasteiger partial charge in [-0.3, -0.25) is 9.78 Å². The summed E-state index contributed by atoms with van der Waals surface area (Å²) in [5.74, 6) is 0.390.